The molecule has 1 aliphatic heterocycles. The van der Waals surface area contributed by atoms with E-state index in [1.807, 2.05) is 54.6 Å². The molecule has 194 valence electrons. The van der Waals surface area contributed by atoms with Crippen molar-refractivity contribution in [2.45, 2.75) is 51.9 Å². The van der Waals surface area contributed by atoms with Crippen LogP contribution in [0.15, 0.2) is 60.7 Å². The van der Waals surface area contributed by atoms with Crippen LogP contribution < -0.4 is 15.4 Å². The number of nitrogens with one attached hydrogen (secondary N) is 2. The van der Waals surface area contributed by atoms with Gasteiger partial charge in [-0.3, -0.25) is 19.1 Å². The zero-order chi connectivity index (χ0) is 26.4. The number of hydrogen-bond acceptors (Lipinski definition) is 5. The summed E-state index contributed by atoms with van der Waals surface area (Å²) < 4.78 is 7.11. The van der Waals surface area contributed by atoms with Crippen molar-refractivity contribution in [2.24, 2.45) is 0 Å². The van der Waals surface area contributed by atoms with E-state index < -0.39 is 11.4 Å². The van der Waals surface area contributed by atoms with Crippen molar-refractivity contribution in [1.82, 2.24) is 25.3 Å². The average molecular weight is 504 g/mol. The molecule has 37 heavy (non-hydrogen) atoms. The van der Waals surface area contributed by atoms with E-state index in [9.17, 15) is 14.4 Å². The van der Waals surface area contributed by atoms with Crippen LogP contribution in [0.2, 0.25) is 0 Å². The molecule has 4 rings (SSSR count). The van der Waals surface area contributed by atoms with Crippen molar-refractivity contribution in [2.75, 3.05) is 13.7 Å². The van der Waals surface area contributed by atoms with Gasteiger partial charge in [-0.05, 0) is 36.6 Å². The highest BCUT2D eigenvalue weighted by Gasteiger charge is 2.46. The van der Waals surface area contributed by atoms with E-state index in [0.29, 0.717) is 19.7 Å². The predicted octanol–water partition coefficient (Wildman–Crippen LogP) is 3.15. The first-order chi connectivity index (χ1) is 17.8. The Bertz CT molecular complexity index is 1260. The summed E-state index contributed by atoms with van der Waals surface area (Å²) in [7, 11) is 1.59. The van der Waals surface area contributed by atoms with Crippen molar-refractivity contribution in [1.29, 1.82) is 0 Å². The number of hydrogen-bond donors (Lipinski definition) is 2. The van der Waals surface area contributed by atoms with Crippen LogP contribution in [-0.4, -0.2) is 51.6 Å². The van der Waals surface area contributed by atoms with E-state index in [4.69, 9.17) is 4.74 Å². The van der Waals surface area contributed by atoms with Gasteiger partial charge < -0.3 is 20.3 Å². The van der Waals surface area contributed by atoms with Gasteiger partial charge in [-0.15, -0.1) is 0 Å². The SMILES string of the molecule is CCCCOc1ccc(CNC(=O)c2cc3n(n2)C[C@](C)(C(=O)NCc2ccccc2)N(C)C3=O)cc1. The highest BCUT2D eigenvalue weighted by Crippen LogP contribution is 2.26. The molecule has 1 aromatic heterocycles. The third kappa shape index (κ3) is 5.82. The van der Waals surface area contributed by atoms with E-state index in [0.717, 1.165) is 29.7 Å². The van der Waals surface area contributed by atoms with Gasteiger partial charge in [0.2, 0.25) is 5.91 Å². The summed E-state index contributed by atoms with van der Waals surface area (Å²) in [6.07, 6.45) is 2.08. The van der Waals surface area contributed by atoms with Gasteiger partial charge in [-0.1, -0.05) is 55.8 Å². The molecule has 9 nitrogen and oxygen atoms in total. The predicted molar refractivity (Wildman–Crippen MR) is 139 cm³/mol. The highest BCUT2D eigenvalue weighted by atomic mass is 16.5. The van der Waals surface area contributed by atoms with E-state index >= 15 is 0 Å². The molecule has 0 fully saturated rings. The molecule has 0 spiro atoms. The zero-order valence-electron chi connectivity index (χ0n) is 21.5. The Labute approximate surface area is 216 Å². The summed E-state index contributed by atoms with van der Waals surface area (Å²) in [5.74, 6) is -0.255. The van der Waals surface area contributed by atoms with Gasteiger partial charge in [0.25, 0.3) is 11.8 Å². The number of likely N-dealkylation sites (N-methyl/N-ethyl adjacent to an activating group) is 1. The van der Waals surface area contributed by atoms with E-state index in [-0.39, 0.29) is 29.7 Å². The van der Waals surface area contributed by atoms with E-state index in [1.165, 1.54) is 15.6 Å². The van der Waals surface area contributed by atoms with Crippen LogP contribution in [0.25, 0.3) is 0 Å². The van der Waals surface area contributed by atoms with Crippen LogP contribution in [-0.2, 0) is 24.4 Å². The van der Waals surface area contributed by atoms with Gasteiger partial charge in [0, 0.05) is 26.2 Å². The minimum absolute atomic E-state index is 0.130. The molecule has 0 bridgehead atoms. The first kappa shape index (κ1) is 25.9. The maximum atomic E-state index is 13.1. The molecule has 3 amide bonds. The van der Waals surface area contributed by atoms with Gasteiger partial charge in [0.05, 0.1) is 13.2 Å². The van der Waals surface area contributed by atoms with E-state index in [2.05, 4.69) is 22.7 Å². The molecule has 0 aliphatic carbocycles. The van der Waals surface area contributed by atoms with Gasteiger partial charge in [-0.25, -0.2) is 0 Å². The number of aromatic nitrogens is 2. The third-order valence-corrected chi connectivity index (χ3v) is 6.66. The van der Waals surface area contributed by atoms with Crippen LogP contribution in [0, 0.1) is 0 Å². The quantitative estimate of drug-likeness (QED) is 0.414. The Balaban J connectivity index is 1.39. The summed E-state index contributed by atoms with van der Waals surface area (Å²) in [5.41, 5.74) is 1.12. The van der Waals surface area contributed by atoms with Crippen molar-refractivity contribution in [3.63, 3.8) is 0 Å². The van der Waals surface area contributed by atoms with Crippen LogP contribution in [0.1, 0.15) is 58.8 Å². The molecular formula is C28H33N5O4. The minimum Gasteiger partial charge on any atom is -0.494 e. The lowest BCUT2D eigenvalue weighted by Gasteiger charge is -2.40. The minimum atomic E-state index is -1.15. The number of unbranched alkanes of at least 4 members (excludes halogenated alkanes) is 1. The summed E-state index contributed by atoms with van der Waals surface area (Å²) >= 11 is 0. The first-order valence-corrected chi connectivity index (χ1v) is 12.5. The number of fused-ring (bicyclic) bond motifs is 1. The van der Waals surface area contributed by atoms with Crippen molar-refractivity contribution >= 4 is 17.7 Å². The van der Waals surface area contributed by atoms with Crippen LogP contribution >= 0.6 is 0 Å². The molecule has 0 saturated carbocycles. The second-order valence-corrected chi connectivity index (χ2v) is 9.41. The molecule has 1 aliphatic rings. The lowest BCUT2D eigenvalue weighted by Crippen LogP contribution is -2.62. The maximum Gasteiger partial charge on any atom is 0.272 e. The van der Waals surface area contributed by atoms with Crippen molar-refractivity contribution < 1.29 is 19.1 Å². The molecule has 9 heteroatoms. The Hall–Kier alpha value is -4.14. The number of benzene rings is 2. The topological polar surface area (TPSA) is 106 Å². The fraction of sp³-hybridized carbons (Fsp3) is 0.357. The molecule has 2 heterocycles. The summed E-state index contributed by atoms with van der Waals surface area (Å²) in [5, 5.41) is 10.1. The van der Waals surface area contributed by atoms with Crippen molar-refractivity contribution in [3.05, 3.63) is 83.2 Å². The number of amides is 3. The van der Waals surface area contributed by atoms with Gasteiger partial charge in [-0.2, -0.15) is 5.10 Å². The number of ether oxygens (including phenoxy) is 1. The highest BCUT2D eigenvalue weighted by molar-refractivity contribution is 6.01. The number of carbonyl (C=O) groups is 3. The largest absolute Gasteiger partial charge is 0.494 e. The number of nitrogens with zero attached hydrogens (tertiary/aromatic N) is 3. The number of rotatable bonds is 10. The lowest BCUT2D eigenvalue weighted by atomic mass is 9.96. The number of carbonyl (C=O) groups excluding carboxylic acids is 3. The average Bonchev–Trinajstić information content (AvgIpc) is 3.34. The molecule has 2 aromatic carbocycles. The second-order valence-electron chi connectivity index (χ2n) is 9.41. The molecule has 0 saturated heterocycles. The maximum absolute atomic E-state index is 13.1. The van der Waals surface area contributed by atoms with Crippen LogP contribution in [0.5, 0.6) is 5.75 Å². The Morgan fingerprint density at radius 1 is 1.03 bits per heavy atom. The fourth-order valence-corrected chi connectivity index (χ4v) is 4.12. The van der Waals surface area contributed by atoms with Crippen LogP contribution in [0.4, 0.5) is 0 Å². The zero-order valence-corrected chi connectivity index (χ0v) is 21.5. The van der Waals surface area contributed by atoms with Gasteiger partial charge in [0.15, 0.2) is 5.69 Å². The normalized spacial score (nSPS) is 16.7. The third-order valence-electron chi connectivity index (χ3n) is 6.66. The Morgan fingerprint density at radius 2 is 1.70 bits per heavy atom. The van der Waals surface area contributed by atoms with E-state index in [1.54, 1.807) is 14.0 Å². The first-order valence-electron chi connectivity index (χ1n) is 12.5. The van der Waals surface area contributed by atoms with Gasteiger partial charge >= 0.3 is 0 Å². The monoisotopic (exact) mass is 503 g/mol. The standard InChI is InChI=1S/C28H33N5O4/c1-4-5-15-37-22-13-11-21(12-14-22)17-29-25(34)23-16-24-26(35)32(3)28(2,19-33(24)31-23)27(36)30-18-20-9-7-6-8-10-20/h6-14,16H,4-5,15,17-19H2,1-3H3,(H,29,34)(H,30,36)/t28-/m1/s1. The molecule has 1 atom stereocenters. The molecule has 0 radical (unpaired) electrons. The molecule has 0 unspecified atom stereocenters. The Morgan fingerprint density at radius 3 is 2.41 bits per heavy atom. The summed E-state index contributed by atoms with van der Waals surface area (Å²) in [6.45, 7) is 5.29. The Kier molecular flexibility index (Phi) is 7.91. The lowest BCUT2D eigenvalue weighted by molar-refractivity contribution is -0.132. The fourth-order valence-electron chi connectivity index (χ4n) is 4.12. The molecular weight excluding hydrogens is 470 g/mol. The molecule has 3 aromatic rings. The second kappa shape index (κ2) is 11.3. The van der Waals surface area contributed by atoms with Gasteiger partial charge in [0.1, 0.15) is 17.0 Å². The van der Waals surface area contributed by atoms with Crippen LogP contribution in [0.3, 0.4) is 0 Å². The molecule has 2 N–H and O–H groups in total. The summed E-state index contributed by atoms with van der Waals surface area (Å²) in [4.78, 5) is 40.4. The smallest absolute Gasteiger partial charge is 0.272 e. The van der Waals surface area contributed by atoms with Crippen molar-refractivity contribution in [3.8, 4) is 5.75 Å². The summed E-state index contributed by atoms with van der Waals surface area (Å²) in [6, 6.07) is 18.6.